The zero-order valence-corrected chi connectivity index (χ0v) is 11.8. The number of hydrogen-bond donors (Lipinski definition) is 1. The average Bonchev–Trinajstić information content (AvgIpc) is 3.31. The summed E-state index contributed by atoms with van der Waals surface area (Å²) in [6.45, 7) is 4.74. The van der Waals surface area contributed by atoms with Crippen molar-refractivity contribution in [3.8, 4) is 0 Å². The van der Waals surface area contributed by atoms with Crippen LogP contribution in [-0.2, 0) is 9.53 Å². The van der Waals surface area contributed by atoms with Gasteiger partial charge in [-0.2, -0.15) is 0 Å². The zero-order valence-electron chi connectivity index (χ0n) is 11.8. The second-order valence-corrected chi connectivity index (χ2v) is 6.32. The summed E-state index contributed by atoms with van der Waals surface area (Å²) >= 11 is 0. The van der Waals surface area contributed by atoms with Crippen molar-refractivity contribution in [2.45, 2.75) is 44.6 Å². The van der Waals surface area contributed by atoms with Crippen molar-refractivity contribution in [1.82, 2.24) is 10.2 Å². The van der Waals surface area contributed by atoms with Crippen LogP contribution < -0.4 is 5.32 Å². The fourth-order valence-corrected chi connectivity index (χ4v) is 3.34. The van der Waals surface area contributed by atoms with Crippen molar-refractivity contribution < 1.29 is 9.53 Å². The molecule has 0 aromatic rings. The number of piperidine rings is 1. The van der Waals surface area contributed by atoms with Gasteiger partial charge < -0.3 is 15.0 Å². The molecule has 3 rings (SSSR count). The van der Waals surface area contributed by atoms with Gasteiger partial charge in [-0.05, 0) is 57.5 Å². The van der Waals surface area contributed by atoms with Gasteiger partial charge in [0, 0.05) is 31.7 Å². The predicted molar refractivity (Wildman–Crippen MR) is 73.9 cm³/mol. The lowest BCUT2D eigenvalue weighted by atomic mass is 9.95. The van der Waals surface area contributed by atoms with Crippen LogP contribution in [-0.4, -0.2) is 49.7 Å². The van der Waals surface area contributed by atoms with E-state index >= 15 is 0 Å². The van der Waals surface area contributed by atoms with Crippen molar-refractivity contribution in [2.75, 3.05) is 32.8 Å². The van der Waals surface area contributed by atoms with Gasteiger partial charge in [-0.15, -0.1) is 0 Å². The first kappa shape index (κ1) is 13.4. The summed E-state index contributed by atoms with van der Waals surface area (Å²) in [4.78, 5) is 14.9. The van der Waals surface area contributed by atoms with Crippen molar-refractivity contribution in [3.05, 3.63) is 0 Å². The molecule has 1 atom stereocenters. The Hall–Kier alpha value is -0.610. The fourth-order valence-electron chi connectivity index (χ4n) is 3.34. The molecular weight excluding hydrogens is 240 g/mol. The highest BCUT2D eigenvalue weighted by molar-refractivity contribution is 5.79. The number of hydrogen-bond acceptors (Lipinski definition) is 3. The molecule has 2 heterocycles. The van der Waals surface area contributed by atoms with E-state index in [1.807, 2.05) is 0 Å². The molecule has 1 N–H and O–H groups in total. The number of carbonyl (C=O) groups excluding carboxylic acids is 1. The number of amides is 1. The third kappa shape index (κ3) is 3.48. The van der Waals surface area contributed by atoms with Crippen molar-refractivity contribution in [3.63, 3.8) is 0 Å². The lowest BCUT2D eigenvalue weighted by molar-refractivity contribution is -0.139. The van der Waals surface area contributed by atoms with Crippen molar-refractivity contribution in [1.29, 1.82) is 0 Å². The molecule has 0 radical (unpaired) electrons. The summed E-state index contributed by atoms with van der Waals surface area (Å²) in [5.74, 6) is 1.31. The molecule has 2 aliphatic heterocycles. The van der Waals surface area contributed by atoms with Gasteiger partial charge in [-0.25, -0.2) is 0 Å². The summed E-state index contributed by atoms with van der Waals surface area (Å²) in [5, 5.41) is 3.46. The molecule has 1 unspecified atom stereocenters. The smallest absolute Gasteiger partial charge is 0.226 e. The Labute approximate surface area is 115 Å². The third-order valence-corrected chi connectivity index (χ3v) is 4.70. The normalized spacial score (nSPS) is 29.2. The number of rotatable bonds is 4. The molecule has 3 aliphatic rings. The van der Waals surface area contributed by atoms with Crippen molar-refractivity contribution >= 4 is 5.91 Å². The Kier molecular flexibility index (Phi) is 4.38. The minimum absolute atomic E-state index is 0.228. The first-order valence-corrected chi connectivity index (χ1v) is 7.93. The second kappa shape index (κ2) is 6.23. The summed E-state index contributed by atoms with van der Waals surface area (Å²) in [5.41, 5.74) is 0. The number of carbonyl (C=O) groups is 1. The molecule has 108 valence electrons. The van der Waals surface area contributed by atoms with Gasteiger partial charge in [0.15, 0.2) is 0 Å². The van der Waals surface area contributed by atoms with Crippen LogP contribution in [0.1, 0.15) is 38.5 Å². The Bertz CT molecular complexity index is 305. The molecule has 1 amide bonds. The molecule has 0 aromatic carbocycles. The molecule has 19 heavy (non-hydrogen) atoms. The number of nitrogens with zero attached hydrogens (tertiary/aromatic N) is 1. The number of nitrogens with one attached hydrogen (secondary N) is 1. The standard InChI is InChI=1S/C15H26N2O2/c18-15(13-5-8-19-9-6-13)17(14-3-4-14)11-12-2-1-7-16-10-12/h12-14,16H,1-11H2. The van der Waals surface area contributed by atoms with Gasteiger partial charge in [0.1, 0.15) is 0 Å². The molecule has 1 saturated carbocycles. The summed E-state index contributed by atoms with van der Waals surface area (Å²) < 4.78 is 5.37. The van der Waals surface area contributed by atoms with Crippen molar-refractivity contribution in [2.24, 2.45) is 11.8 Å². The van der Waals surface area contributed by atoms with Gasteiger partial charge >= 0.3 is 0 Å². The maximum atomic E-state index is 12.7. The quantitative estimate of drug-likeness (QED) is 0.836. The molecular formula is C15H26N2O2. The third-order valence-electron chi connectivity index (χ3n) is 4.70. The van der Waals surface area contributed by atoms with E-state index in [4.69, 9.17) is 4.74 Å². The highest BCUT2D eigenvalue weighted by Gasteiger charge is 2.37. The molecule has 3 fully saturated rings. The summed E-state index contributed by atoms with van der Waals surface area (Å²) in [6, 6.07) is 0.553. The largest absolute Gasteiger partial charge is 0.381 e. The first-order chi connectivity index (χ1) is 9.34. The lowest BCUT2D eigenvalue weighted by Crippen LogP contribution is -2.45. The molecule has 4 heteroatoms. The van der Waals surface area contributed by atoms with Crippen LogP contribution in [0.2, 0.25) is 0 Å². The highest BCUT2D eigenvalue weighted by Crippen LogP contribution is 2.31. The van der Waals surface area contributed by atoms with E-state index in [-0.39, 0.29) is 5.92 Å². The van der Waals surface area contributed by atoms with Crippen LogP contribution in [0.4, 0.5) is 0 Å². The minimum atomic E-state index is 0.228. The van der Waals surface area contributed by atoms with E-state index in [0.717, 1.165) is 45.7 Å². The summed E-state index contributed by atoms with van der Waals surface area (Å²) in [6.07, 6.45) is 6.81. The van der Waals surface area contributed by atoms with Gasteiger partial charge in [0.25, 0.3) is 0 Å². The van der Waals surface area contributed by atoms with Crippen LogP contribution in [0.3, 0.4) is 0 Å². The van der Waals surface area contributed by atoms with Gasteiger partial charge in [-0.3, -0.25) is 4.79 Å². The van der Waals surface area contributed by atoms with E-state index < -0.39 is 0 Å². The highest BCUT2D eigenvalue weighted by atomic mass is 16.5. The second-order valence-electron chi connectivity index (χ2n) is 6.32. The van der Waals surface area contributed by atoms with Crippen LogP contribution in [0.5, 0.6) is 0 Å². The predicted octanol–water partition coefficient (Wildman–Crippen LogP) is 1.40. The van der Waals surface area contributed by atoms with E-state index in [9.17, 15) is 4.79 Å². The molecule has 0 aromatic heterocycles. The maximum absolute atomic E-state index is 12.7. The molecule has 4 nitrogen and oxygen atoms in total. The molecule has 1 aliphatic carbocycles. The first-order valence-electron chi connectivity index (χ1n) is 7.93. The Balaban J connectivity index is 1.57. The SMILES string of the molecule is O=C(C1CCOCC1)N(CC1CCCNC1)C1CC1. The number of ether oxygens (including phenoxy) is 1. The van der Waals surface area contributed by atoms with Crippen LogP contribution >= 0.6 is 0 Å². The molecule has 0 bridgehead atoms. The minimum Gasteiger partial charge on any atom is -0.381 e. The van der Waals surface area contributed by atoms with E-state index in [1.54, 1.807) is 0 Å². The molecule has 0 spiro atoms. The van der Waals surface area contributed by atoms with Gasteiger partial charge in [-0.1, -0.05) is 0 Å². The average molecular weight is 266 g/mol. The Morgan fingerprint density at radius 3 is 2.58 bits per heavy atom. The van der Waals surface area contributed by atoms with Crippen LogP contribution in [0.15, 0.2) is 0 Å². The van der Waals surface area contributed by atoms with Gasteiger partial charge in [0.05, 0.1) is 0 Å². The topological polar surface area (TPSA) is 41.6 Å². The Morgan fingerprint density at radius 2 is 1.95 bits per heavy atom. The fraction of sp³-hybridized carbons (Fsp3) is 0.933. The van der Waals surface area contributed by atoms with E-state index in [1.165, 1.54) is 25.7 Å². The zero-order chi connectivity index (χ0) is 13.1. The summed E-state index contributed by atoms with van der Waals surface area (Å²) in [7, 11) is 0. The van der Waals surface area contributed by atoms with Crippen LogP contribution in [0.25, 0.3) is 0 Å². The molecule has 2 saturated heterocycles. The van der Waals surface area contributed by atoms with Gasteiger partial charge in [0.2, 0.25) is 5.91 Å². The van der Waals surface area contributed by atoms with Crippen LogP contribution in [0, 0.1) is 11.8 Å². The Morgan fingerprint density at radius 1 is 1.16 bits per heavy atom. The maximum Gasteiger partial charge on any atom is 0.226 e. The van der Waals surface area contributed by atoms with E-state index in [2.05, 4.69) is 10.2 Å². The lowest BCUT2D eigenvalue weighted by Gasteiger charge is -2.33. The van der Waals surface area contributed by atoms with E-state index in [0.29, 0.717) is 17.9 Å². The monoisotopic (exact) mass is 266 g/mol.